The van der Waals surface area contributed by atoms with Gasteiger partial charge in [-0.15, -0.1) is 5.10 Å². The predicted octanol–water partition coefficient (Wildman–Crippen LogP) is 3.86. The van der Waals surface area contributed by atoms with E-state index in [0.717, 1.165) is 10.9 Å². The second-order valence-corrected chi connectivity index (χ2v) is 8.01. The Morgan fingerprint density at radius 3 is 2.57 bits per heavy atom. The normalized spacial score (nSPS) is 12.2. The van der Waals surface area contributed by atoms with Gasteiger partial charge in [0.25, 0.3) is 5.91 Å². The van der Waals surface area contributed by atoms with Crippen LogP contribution in [0.25, 0.3) is 16.6 Å². The molecule has 3 heterocycles. The number of ether oxygens (including phenoxy) is 1. The van der Waals surface area contributed by atoms with Crippen LogP contribution in [0.15, 0.2) is 30.7 Å². The number of nitrogens with one attached hydrogen (secondary N) is 1. The van der Waals surface area contributed by atoms with E-state index in [1.54, 1.807) is 29.2 Å². The minimum atomic E-state index is -5.08. The number of carbonyl (C=O) groups excluding carboxylic acids is 1. The number of nitrogens with zero attached hydrogens (tertiary/aromatic N) is 5. The number of hydrogen-bond acceptors (Lipinski definition) is 7. The summed E-state index contributed by atoms with van der Waals surface area (Å²) in [4.78, 5) is 26.1. The molecule has 0 radical (unpaired) electrons. The van der Waals surface area contributed by atoms with Crippen LogP contribution in [0.4, 0.5) is 19.0 Å². The van der Waals surface area contributed by atoms with Crippen molar-refractivity contribution in [3.05, 3.63) is 46.9 Å². The second kappa shape index (κ2) is 10.9. The molecule has 11 nitrogen and oxygen atoms in total. The van der Waals surface area contributed by atoms with Crippen LogP contribution in [0, 0.1) is 0 Å². The Labute approximate surface area is 213 Å². The Kier molecular flexibility index (Phi) is 8.11. The summed E-state index contributed by atoms with van der Waals surface area (Å²) in [5, 5.41) is 20.2. The van der Waals surface area contributed by atoms with Crippen LogP contribution in [0.1, 0.15) is 42.7 Å². The highest BCUT2D eigenvalue weighted by atomic mass is 35.5. The summed E-state index contributed by atoms with van der Waals surface area (Å²) in [5.41, 5.74) is 7.98. The Balaban J connectivity index is 0.000000479. The molecule has 198 valence electrons. The first-order chi connectivity index (χ1) is 17.4. The SMILES string of the molecule is CCOc1c(C(C)NC(=O)c2c(N)nn3cccnc23)cc(Cl)c2cn(CC)nc12.O=C(O)C(F)(F)F. The summed E-state index contributed by atoms with van der Waals surface area (Å²) >= 11 is 6.52. The third-order valence-corrected chi connectivity index (χ3v) is 5.41. The van der Waals surface area contributed by atoms with E-state index in [1.165, 1.54) is 4.52 Å². The molecule has 15 heteroatoms. The fourth-order valence-corrected chi connectivity index (χ4v) is 3.68. The Morgan fingerprint density at radius 1 is 1.30 bits per heavy atom. The highest BCUT2D eigenvalue weighted by molar-refractivity contribution is 6.35. The lowest BCUT2D eigenvalue weighted by atomic mass is 10.0. The zero-order chi connectivity index (χ0) is 27.5. The maximum Gasteiger partial charge on any atom is 0.490 e. The molecule has 0 spiro atoms. The van der Waals surface area contributed by atoms with Crippen LogP contribution in [-0.4, -0.2) is 54.1 Å². The summed E-state index contributed by atoms with van der Waals surface area (Å²) < 4.78 is 40.9. The van der Waals surface area contributed by atoms with E-state index in [4.69, 9.17) is 32.0 Å². The number of nitrogens with two attached hydrogens (primary N) is 1. The van der Waals surface area contributed by atoms with Crippen molar-refractivity contribution in [3.63, 3.8) is 0 Å². The number of halogens is 4. The smallest absolute Gasteiger partial charge is 0.490 e. The van der Waals surface area contributed by atoms with Gasteiger partial charge in [0.15, 0.2) is 17.2 Å². The topological polar surface area (TPSA) is 150 Å². The third-order valence-electron chi connectivity index (χ3n) is 5.10. The number of rotatable bonds is 6. The summed E-state index contributed by atoms with van der Waals surface area (Å²) in [5.74, 6) is -2.43. The molecule has 1 atom stereocenters. The fraction of sp³-hybridized carbons (Fsp3) is 0.318. The summed E-state index contributed by atoms with van der Waals surface area (Å²) in [6.07, 6.45) is 0.0735. The summed E-state index contributed by atoms with van der Waals surface area (Å²) in [6, 6.07) is 3.09. The number of carbonyl (C=O) groups is 2. The molecule has 0 aliphatic heterocycles. The Hall–Kier alpha value is -4.07. The Bertz CT molecular complexity index is 1450. The third kappa shape index (κ3) is 5.85. The molecule has 0 aliphatic carbocycles. The van der Waals surface area contributed by atoms with E-state index in [-0.39, 0.29) is 17.3 Å². The lowest BCUT2D eigenvalue weighted by molar-refractivity contribution is -0.192. The van der Waals surface area contributed by atoms with Gasteiger partial charge in [0, 0.05) is 36.1 Å². The lowest BCUT2D eigenvalue weighted by Gasteiger charge is -2.19. The molecular formula is C22H23ClF3N7O4. The van der Waals surface area contributed by atoms with Crippen molar-refractivity contribution in [2.24, 2.45) is 0 Å². The number of amides is 1. The van der Waals surface area contributed by atoms with E-state index in [2.05, 4.69) is 20.5 Å². The number of aromatic nitrogens is 5. The molecule has 0 aliphatic rings. The molecular weight excluding hydrogens is 519 g/mol. The number of anilines is 1. The molecule has 1 amide bonds. The number of benzene rings is 1. The molecule has 1 unspecified atom stereocenters. The summed E-state index contributed by atoms with van der Waals surface area (Å²) in [7, 11) is 0. The monoisotopic (exact) mass is 541 g/mol. The lowest BCUT2D eigenvalue weighted by Crippen LogP contribution is -2.27. The Morgan fingerprint density at radius 2 is 1.97 bits per heavy atom. The summed E-state index contributed by atoms with van der Waals surface area (Å²) in [6.45, 7) is 6.91. The van der Waals surface area contributed by atoms with Crippen molar-refractivity contribution >= 4 is 45.8 Å². The van der Waals surface area contributed by atoms with Crippen molar-refractivity contribution in [2.45, 2.75) is 39.5 Å². The number of carboxylic acids is 1. The molecule has 0 bridgehead atoms. The van der Waals surface area contributed by atoms with Gasteiger partial charge in [-0.2, -0.15) is 18.3 Å². The number of carboxylic acid groups (broad SMARTS) is 1. The maximum atomic E-state index is 13.0. The van der Waals surface area contributed by atoms with Gasteiger partial charge in [0.05, 0.1) is 17.7 Å². The van der Waals surface area contributed by atoms with Crippen LogP contribution in [0.3, 0.4) is 0 Å². The first-order valence-electron chi connectivity index (χ1n) is 10.9. The molecule has 1 aromatic carbocycles. The first-order valence-corrected chi connectivity index (χ1v) is 11.3. The second-order valence-electron chi connectivity index (χ2n) is 7.60. The maximum absolute atomic E-state index is 13.0. The van der Waals surface area contributed by atoms with Crippen molar-refractivity contribution < 1.29 is 32.6 Å². The van der Waals surface area contributed by atoms with Crippen LogP contribution in [0.2, 0.25) is 5.02 Å². The van der Waals surface area contributed by atoms with E-state index < -0.39 is 18.2 Å². The average molecular weight is 542 g/mol. The number of hydrogen-bond donors (Lipinski definition) is 3. The van der Waals surface area contributed by atoms with Gasteiger partial charge in [0.1, 0.15) is 11.1 Å². The molecule has 0 saturated carbocycles. The van der Waals surface area contributed by atoms with Gasteiger partial charge in [-0.3, -0.25) is 9.48 Å². The largest absolute Gasteiger partial charge is 0.491 e. The van der Waals surface area contributed by atoms with Gasteiger partial charge < -0.3 is 20.9 Å². The number of alkyl halides is 3. The molecule has 4 rings (SSSR count). The highest BCUT2D eigenvalue weighted by Crippen LogP contribution is 2.37. The zero-order valence-electron chi connectivity index (χ0n) is 19.9. The predicted molar refractivity (Wildman–Crippen MR) is 129 cm³/mol. The average Bonchev–Trinajstić information content (AvgIpc) is 3.41. The van der Waals surface area contributed by atoms with Crippen LogP contribution in [0.5, 0.6) is 5.75 Å². The van der Waals surface area contributed by atoms with E-state index >= 15 is 0 Å². The van der Waals surface area contributed by atoms with Crippen LogP contribution >= 0.6 is 11.6 Å². The number of aryl methyl sites for hydroxylation is 1. The van der Waals surface area contributed by atoms with Gasteiger partial charge in [0.2, 0.25) is 0 Å². The zero-order valence-corrected chi connectivity index (χ0v) is 20.6. The van der Waals surface area contributed by atoms with Gasteiger partial charge in [-0.05, 0) is 32.9 Å². The van der Waals surface area contributed by atoms with Gasteiger partial charge in [-0.25, -0.2) is 14.3 Å². The first kappa shape index (κ1) is 27.5. The van der Waals surface area contributed by atoms with Crippen molar-refractivity contribution in [1.29, 1.82) is 0 Å². The highest BCUT2D eigenvalue weighted by Gasteiger charge is 2.38. The number of fused-ring (bicyclic) bond motifs is 2. The van der Waals surface area contributed by atoms with Crippen LogP contribution < -0.4 is 15.8 Å². The quantitative estimate of drug-likeness (QED) is 0.333. The minimum absolute atomic E-state index is 0.110. The fourth-order valence-electron chi connectivity index (χ4n) is 3.43. The van der Waals surface area contributed by atoms with E-state index in [1.807, 2.05) is 27.0 Å². The molecule has 37 heavy (non-hydrogen) atoms. The van der Waals surface area contributed by atoms with E-state index in [0.29, 0.717) is 35.1 Å². The minimum Gasteiger partial charge on any atom is -0.491 e. The van der Waals surface area contributed by atoms with Crippen molar-refractivity contribution in [1.82, 2.24) is 29.7 Å². The molecule has 4 aromatic rings. The molecule has 3 aromatic heterocycles. The van der Waals surface area contributed by atoms with Crippen molar-refractivity contribution in [2.75, 3.05) is 12.3 Å². The van der Waals surface area contributed by atoms with E-state index in [9.17, 15) is 18.0 Å². The standard InChI is InChI=1S/C20H22ClN7O2.C2HF3O2/c1-4-27-10-13-14(21)9-12(17(30-5-2)16(13)25-27)11(3)24-20(29)15-18(22)26-28-8-6-7-23-19(15)28;3-2(4,5)1(6)7/h6-11H,4-5H2,1-3H3,(H2,22,26)(H,24,29);(H,6,7). The van der Waals surface area contributed by atoms with Gasteiger partial charge >= 0.3 is 12.1 Å². The van der Waals surface area contributed by atoms with Crippen LogP contribution in [-0.2, 0) is 11.3 Å². The number of nitrogen functional groups attached to an aromatic ring is 1. The molecule has 0 fully saturated rings. The number of aliphatic carboxylic acids is 1. The molecule has 0 saturated heterocycles. The van der Waals surface area contributed by atoms with Gasteiger partial charge in [-0.1, -0.05) is 11.6 Å². The van der Waals surface area contributed by atoms with Crippen molar-refractivity contribution in [3.8, 4) is 5.75 Å². The molecule has 4 N–H and O–H groups in total.